The number of aliphatic hydroxyl groups excluding tert-OH is 2. The minimum atomic E-state index is -0.730. The maximum absolute atomic E-state index is 10.9. The van der Waals surface area contributed by atoms with E-state index in [9.17, 15) is 20.4 Å². The Morgan fingerprint density at radius 3 is 1.95 bits per heavy atom. The first-order valence-electron chi connectivity index (χ1n) is 14.1. The summed E-state index contributed by atoms with van der Waals surface area (Å²) < 4.78 is 26.2. The third kappa shape index (κ3) is 9.13. The molecule has 2 aromatic carbocycles. The molecule has 2 aliphatic heterocycles. The molecule has 2 aromatic rings. The van der Waals surface area contributed by atoms with Gasteiger partial charge in [0.1, 0.15) is 11.5 Å². The number of benzene rings is 2. The molecule has 0 radical (unpaired) electrons. The van der Waals surface area contributed by atoms with Gasteiger partial charge in [-0.15, -0.1) is 0 Å². The van der Waals surface area contributed by atoms with Crippen LogP contribution in [-0.2, 0) is 18.9 Å². The lowest BCUT2D eigenvalue weighted by Gasteiger charge is -2.37. The molecular weight excluding hydrogens is 648 g/mol. The summed E-state index contributed by atoms with van der Waals surface area (Å²) in [5.74, 6) is 0.237. The van der Waals surface area contributed by atoms with Gasteiger partial charge in [-0.2, -0.15) is 0 Å². The van der Waals surface area contributed by atoms with Gasteiger partial charge in [0, 0.05) is 22.0 Å². The maximum Gasteiger partial charge on any atom is 0.188 e. The number of aromatic hydroxyl groups is 2. The topological polar surface area (TPSA) is 118 Å². The van der Waals surface area contributed by atoms with Gasteiger partial charge in [-0.1, -0.05) is 31.9 Å². The summed E-state index contributed by atoms with van der Waals surface area (Å²) in [6, 6.07) is 10.4. The fourth-order valence-electron chi connectivity index (χ4n) is 5.42. The van der Waals surface area contributed by atoms with Crippen molar-refractivity contribution in [3.05, 3.63) is 56.5 Å². The van der Waals surface area contributed by atoms with Gasteiger partial charge >= 0.3 is 0 Å². The molecule has 0 saturated carbocycles. The fraction of sp³-hybridized carbons (Fsp3) is 0.600. The van der Waals surface area contributed by atoms with Crippen molar-refractivity contribution in [1.29, 1.82) is 0 Å². The van der Waals surface area contributed by atoms with Crippen molar-refractivity contribution in [3.8, 4) is 11.5 Å². The Labute approximate surface area is 252 Å². The molecule has 0 aromatic heterocycles. The number of aliphatic hydroxyl groups is 2. The molecular formula is C30H40Br2O8. The highest BCUT2D eigenvalue weighted by Gasteiger charge is 2.34. The molecule has 8 nitrogen and oxygen atoms in total. The Hall–Kier alpha value is -1.24. The fourth-order valence-corrected chi connectivity index (χ4v) is 6.17. The SMILES string of the molecule is CC1CC(CCCC(O)CC2CC(CCCCO)OC(c3cc(Br)ccc3O)O2)OC(c2cc(Br)ccc2O)O1. The molecule has 2 aliphatic rings. The van der Waals surface area contributed by atoms with E-state index in [1.807, 2.05) is 13.0 Å². The highest BCUT2D eigenvalue weighted by molar-refractivity contribution is 9.10. The lowest BCUT2D eigenvalue weighted by Crippen LogP contribution is -2.36. The van der Waals surface area contributed by atoms with Crippen LogP contribution in [0.5, 0.6) is 11.5 Å². The summed E-state index contributed by atoms with van der Waals surface area (Å²) in [6.45, 7) is 2.15. The average Bonchev–Trinajstić information content (AvgIpc) is 2.91. The summed E-state index contributed by atoms with van der Waals surface area (Å²) >= 11 is 6.89. The molecule has 40 heavy (non-hydrogen) atoms. The van der Waals surface area contributed by atoms with Crippen LogP contribution in [0.2, 0.25) is 0 Å². The van der Waals surface area contributed by atoms with Gasteiger partial charge in [0.15, 0.2) is 12.6 Å². The van der Waals surface area contributed by atoms with Crippen LogP contribution in [-0.4, -0.2) is 57.6 Å². The van der Waals surface area contributed by atoms with Gasteiger partial charge in [-0.05, 0) is 94.7 Å². The van der Waals surface area contributed by atoms with Gasteiger partial charge < -0.3 is 39.4 Å². The van der Waals surface area contributed by atoms with Gasteiger partial charge in [-0.25, -0.2) is 0 Å². The summed E-state index contributed by atoms with van der Waals surface area (Å²) in [7, 11) is 0. The lowest BCUT2D eigenvalue weighted by atomic mass is 9.96. The van der Waals surface area contributed by atoms with Crippen LogP contribution in [0.4, 0.5) is 0 Å². The van der Waals surface area contributed by atoms with E-state index in [1.165, 1.54) is 0 Å². The average molecular weight is 688 g/mol. The van der Waals surface area contributed by atoms with Crippen molar-refractivity contribution in [3.63, 3.8) is 0 Å². The number of phenols is 2. The van der Waals surface area contributed by atoms with Crippen molar-refractivity contribution in [1.82, 2.24) is 0 Å². The number of hydrogen-bond acceptors (Lipinski definition) is 8. The summed E-state index contributed by atoms with van der Waals surface area (Å²) in [5, 5.41) is 40.8. The third-order valence-electron chi connectivity index (χ3n) is 7.44. The quantitative estimate of drug-likeness (QED) is 0.181. The normalized spacial score (nSPS) is 27.9. The molecule has 0 amide bonds. The number of hydrogen-bond donors (Lipinski definition) is 4. The molecule has 7 atom stereocenters. The Kier molecular flexibility index (Phi) is 12.1. The van der Waals surface area contributed by atoms with Gasteiger partial charge in [0.05, 0.1) is 41.6 Å². The van der Waals surface area contributed by atoms with E-state index in [4.69, 9.17) is 18.9 Å². The second kappa shape index (κ2) is 15.3. The molecule has 7 unspecified atom stereocenters. The molecule has 0 bridgehead atoms. The van der Waals surface area contributed by atoms with E-state index >= 15 is 0 Å². The first-order valence-corrected chi connectivity index (χ1v) is 15.7. The van der Waals surface area contributed by atoms with Crippen LogP contribution >= 0.6 is 31.9 Å². The van der Waals surface area contributed by atoms with Crippen LogP contribution in [0, 0.1) is 0 Å². The number of rotatable bonds is 12. The Morgan fingerprint density at radius 1 is 0.775 bits per heavy atom. The minimum absolute atomic E-state index is 0.0168. The molecule has 2 heterocycles. The second-order valence-electron chi connectivity index (χ2n) is 10.8. The number of unbranched alkanes of at least 4 members (excludes halogenated alkanes) is 1. The Morgan fingerprint density at radius 2 is 1.32 bits per heavy atom. The first-order chi connectivity index (χ1) is 19.2. The van der Waals surface area contributed by atoms with Crippen LogP contribution in [0.3, 0.4) is 0 Å². The number of ether oxygens (including phenoxy) is 4. The van der Waals surface area contributed by atoms with E-state index in [0.29, 0.717) is 36.8 Å². The highest BCUT2D eigenvalue weighted by Crippen LogP contribution is 2.39. The van der Waals surface area contributed by atoms with E-state index in [2.05, 4.69) is 31.9 Å². The molecule has 222 valence electrons. The van der Waals surface area contributed by atoms with Crippen LogP contribution in [0.15, 0.2) is 45.3 Å². The zero-order valence-corrected chi connectivity index (χ0v) is 25.9. The lowest BCUT2D eigenvalue weighted by molar-refractivity contribution is -0.254. The largest absolute Gasteiger partial charge is 0.507 e. The van der Waals surface area contributed by atoms with E-state index < -0.39 is 18.7 Å². The van der Waals surface area contributed by atoms with Crippen molar-refractivity contribution in [2.45, 2.75) is 108 Å². The molecule has 0 spiro atoms. The summed E-state index contributed by atoms with van der Waals surface area (Å²) in [5.41, 5.74) is 1.15. The minimum Gasteiger partial charge on any atom is -0.507 e. The number of phenolic OH excluding ortho intramolecular Hbond substituents is 2. The Balaban J connectivity index is 1.30. The van der Waals surface area contributed by atoms with Crippen molar-refractivity contribution in [2.75, 3.05) is 6.61 Å². The molecule has 10 heteroatoms. The molecule has 4 rings (SSSR count). The van der Waals surface area contributed by atoms with Crippen molar-refractivity contribution < 1.29 is 39.4 Å². The first kappa shape index (κ1) is 31.7. The van der Waals surface area contributed by atoms with E-state index in [0.717, 1.165) is 41.0 Å². The van der Waals surface area contributed by atoms with Crippen molar-refractivity contribution >= 4 is 31.9 Å². The molecule has 2 fully saturated rings. The monoisotopic (exact) mass is 686 g/mol. The molecule has 0 aliphatic carbocycles. The second-order valence-corrected chi connectivity index (χ2v) is 12.6. The standard InChI is InChI=1S/C30H40Br2O8/c1-18-13-22(38-29(37-18)25-14-19(31)8-10-27(25)35)7-4-5-21(34)16-24-17-23(6-2-3-12-33)39-30(40-24)26-15-20(32)9-11-28(26)36/h8-11,14-15,18,21-24,29-30,33-36H,2-7,12-13,16-17H2,1H3. The zero-order chi connectivity index (χ0) is 28.6. The van der Waals surface area contributed by atoms with Gasteiger partial charge in [0.2, 0.25) is 0 Å². The summed E-state index contributed by atoms with van der Waals surface area (Å²) in [4.78, 5) is 0. The van der Waals surface area contributed by atoms with Gasteiger partial charge in [0.25, 0.3) is 0 Å². The van der Waals surface area contributed by atoms with E-state index in [-0.39, 0.29) is 42.5 Å². The molecule has 4 N–H and O–H groups in total. The molecule has 2 saturated heterocycles. The Bertz CT molecular complexity index is 1090. The predicted octanol–water partition coefficient (Wildman–Crippen LogP) is 6.77. The van der Waals surface area contributed by atoms with Crippen LogP contribution in [0.1, 0.15) is 88.4 Å². The van der Waals surface area contributed by atoms with Crippen LogP contribution < -0.4 is 0 Å². The predicted molar refractivity (Wildman–Crippen MR) is 157 cm³/mol. The van der Waals surface area contributed by atoms with Gasteiger partial charge in [-0.3, -0.25) is 0 Å². The number of halogens is 2. The smallest absolute Gasteiger partial charge is 0.188 e. The van der Waals surface area contributed by atoms with Crippen LogP contribution in [0.25, 0.3) is 0 Å². The third-order valence-corrected chi connectivity index (χ3v) is 8.43. The maximum atomic E-state index is 10.9. The highest BCUT2D eigenvalue weighted by atomic mass is 79.9. The summed E-state index contributed by atoms with van der Waals surface area (Å²) in [6.07, 6.45) is 4.00. The van der Waals surface area contributed by atoms with Crippen molar-refractivity contribution in [2.24, 2.45) is 0 Å². The van der Waals surface area contributed by atoms with E-state index in [1.54, 1.807) is 30.3 Å². The zero-order valence-electron chi connectivity index (χ0n) is 22.8.